The molecule has 0 radical (unpaired) electrons. The molecule has 1 aromatic rings. The van der Waals surface area contributed by atoms with Crippen molar-refractivity contribution in [1.82, 2.24) is 0 Å². The second kappa shape index (κ2) is 10.9. The van der Waals surface area contributed by atoms with Crippen LogP contribution in [0.4, 0.5) is 0 Å². The zero-order chi connectivity index (χ0) is 13.8. The van der Waals surface area contributed by atoms with Gasteiger partial charge in [0.2, 0.25) is 0 Å². The Labute approximate surface area is 115 Å². The quantitative estimate of drug-likeness (QED) is 0.622. The highest BCUT2D eigenvalue weighted by Crippen LogP contribution is 2.18. The van der Waals surface area contributed by atoms with Crippen LogP contribution in [-0.2, 0) is 14.2 Å². The van der Waals surface area contributed by atoms with Gasteiger partial charge in [0.05, 0.1) is 33.0 Å². The number of hydrogen-bond acceptors (Lipinski definition) is 4. The monoisotopic (exact) mass is 268 g/mol. The first-order chi connectivity index (χ1) is 9.38. The van der Waals surface area contributed by atoms with E-state index >= 15 is 0 Å². The first-order valence-corrected chi connectivity index (χ1v) is 6.68. The molecule has 0 saturated heterocycles. The molecule has 0 aromatic heterocycles. The summed E-state index contributed by atoms with van der Waals surface area (Å²) in [6.07, 6.45) is 0.818. The molecule has 1 rings (SSSR count). The number of methoxy groups -OCH3 is 1. The molecule has 1 N–H and O–H groups in total. The van der Waals surface area contributed by atoms with Gasteiger partial charge in [-0.3, -0.25) is 0 Å². The average molecular weight is 268 g/mol. The van der Waals surface area contributed by atoms with Crippen molar-refractivity contribution in [3.63, 3.8) is 0 Å². The van der Waals surface area contributed by atoms with Gasteiger partial charge < -0.3 is 19.3 Å². The van der Waals surface area contributed by atoms with E-state index < -0.39 is 0 Å². The lowest BCUT2D eigenvalue weighted by Crippen LogP contribution is -2.12. The van der Waals surface area contributed by atoms with Gasteiger partial charge in [0, 0.05) is 19.6 Å². The third kappa shape index (κ3) is 7.28. The molecule has 4 nitrogen and oxygen atoms in total. The smallest absolute Gasteiger partial charge is 0.0701 e. The SMILES string of the molecule is COCCOCCOCCC(CO)c1ccccc1. The zero-order valence-corrected chi connectivity index (χ0v) is 11.6. The molecule has 1 aromatic carbocycles. The second-order valence-electron chi connectivity index (χ2n) is 4.30. The Morgan fingerprint density at radius 3 is 2.21 bits per heavy atom. The van der Waals surface area contributed by atoms with Crippen molar-refractivity contribution in [2.45, 2.75) is 12.3 Å². The number of ether oxygens (including phenoxy) is 3. The number of aliphatic hydroxyl groups excluding tert-OH is 1. The predicted molar refractivity (Wildman–Crippen MR) is 74.4 cm³/mol. The Kier molecular flexibility index (Phi) is 9.27. The van der Waals surface area contributed by atoms with Gasteiger partial charge in [0.1, 0.15) is 0 Å². The molecular formula is C15H24O4. The number of benzene rings is 1. The molecule has 0 heterocycles. The summed E-state index contributed by atoms with van der Waals surface area (Å²) in [5, 5.41) is 9.39. The predicted octanol–water partition coefficient (Wildman–Crippen LogP) is 1.83. The van der Waals surface area contributed by atoms with Crippen LogP contribution in [0.1, 0.15) is 17.9 Å². The van der Waals surface area contributed by atoms with Crippen molar-refractivity contribution in [3.8, 4) is 0 Å². The summed E-state index contributed by atoms with van der Waals surface area (Å²) in [6.45, 7) is 3.16. The van der Waals surface area contributed by atoms with Gasteiger partial charge in [-0.05, 0) is 12.0 Å². The summed E-state index contributed by atoms with van der Waals surface area (Å²) in [4.78, 5) is 0. The summed E-state index contributed by atoms with van der Waals surface area (Å²) in [7, 11) is 1.65. The Morgan fingerprint density at radius 2 is 1.58 bits per heavy atom. The van der Waals surface area contributed by atoms with Crippen molar-refractivity contribution >= 4 is 0 Å². The van der Waals surface area contributed by atoms with E-state index in [1.54, 1.807) is 7.11 Å². The Hall–Kier alpha value is -0.940. The molecule has 0 aliphatic rings. The minimum atomic E-state index is 0.149. The summed E-state index contributed by atoms with van der Waals surface area (Å²) in [5.41, 5.74) is 1.16. The van der Waals surface area contributed by atoms with E-state index in [0.29, 0.717) is 33.0 Å². The summed E-state index contributed by atoms with van der Waals surface area (Å²) >= 11 is 0. The molecule has 4 heteroatoms. The molecule has 1 atom stereocenters. The number of rotatable bonds is 11. The third-order valence-electron chi connectivity index (χ3n) is 2.91. The zero-order valence-electron chi connectivity index (χ0n) is 11.6. The lowest BCUT2D eigenvalue weighted by atomic mass is 9.97. The molecule has 0 saturated carbocycles. The lowest BCUT2D eigenvalue weighted by molar-refractivity contribution is 0.0223. The van der Waals surface area contributed by atoms with Gasteiger partial charge in [-0.15, -0.1) is 0 Å². The van der Waals surface area contributed by atoms with Crippen molar-refractivity contribution in [2.75, 3.05) is 46.8 Å². The van der Waals surface area contributed by atoms with Gasteiger partial charge >= 0.3 is 0 Å². The van der Waals surface area contributed by atoms with Crippen LogP contribution in [0, 0.1) is 0 Å². The van der Waals surface area contributed by atoms with Gasteiger partial charge in [0.25, 0.3) is 0 Å². The van der Waals surface area contributed by atoms with Gasteiger partial charge in [-0.2, -0.15) is 0 Å². The molecule has 0 aliphatic carbocycles. The largest absolute Gasteiger partial charge is 0.396 e. The van der Waals surface area contributed by atoms with E-state index in [1.807, 2.05) is 30.3 Å². The van der Waals surface area contributed by atoms with E-state index in [9.17, 15) is 5.11 Å². The maximum atomic E-state index is 9.39. The van der Waals surface area contributed by atoms with Crippen molar-refractivity contribution in [2.24, 2.45) is 0 Å². The summed E-state index contributed by atoms with van der Waals surface area (Å²) in [6, 6.07) is 10.0. The van der Waals surface area contributed by atoms with Crippen LogP contribution in [0.5, 0.6) is 0 Å². The number of aliphatic hydroxyl groups is 1. The second-order valence-corrected chi connectivity index (χ2v) is 4.30. The van der Waals surface area contributed by atoms with Crippen LogP contribution in [0.2, 0.25) is 0 Å². The van der Waals surface area contributed by atoms with Crippen LogP contribution in [0.3, 0.4) is 0 Å². The Bertz CT molecular complexity index is 302. The highest BCUT2D eigenvalue weighted by molar-refractivity contribution is 5.19. The topological polar surface area (TPSA) is 47.9 Å². The van der Waals surface area contributed by atoms with Crippen molar-refractivity contribution in [3.05, 3.63) is 35.9 Å². The number of hydrogen-bond donors (Lipinski definition) is 1. The molecular weight excluding hydrogens is 244 g/mol. The van der Waals surface area contributed by atoms with Crippen LogP contribution in [0.15, 0.2) is 30.3 Å². The van der Waals surface area contributed by atoms with Gasteiger partial charge in [0.15, 0.2) is 0 Å². The van der Waals surface area contributed by atoms with Gasteiger partial charge in [-0.1, -0.05) is 30.3 Å². The maximum absolute atomic E-state index is 9.39. The standard InChI is InChI=1S/C15H24O4/c1-17-9-10-19-12-11-18-8-7-15(13-16)14-5-3-2-4-6-14/h2-6,15-16H,7-13H2,1H3. The van der Waals surface area contributed by atoms with E-state index in [-0.39, 0.29) is 12.5 Å². The molecule has 0 fully saturated rings. The van der Waals surface area contributed by atoms with Crippen LogP contribution >= 0.6 is 0 Å². The molecule has 108 valence electrons. The molecule has 0 aliphatic heterocycles. The highest BCUT2D eigenvalue weighted by atomic mass is 16.5. The fourth-order valence-electron chi connectivity index (χ4n) is 1.78. The van der Waals surface area contributed by atoms with E-state index in [1.165, 1.54) is 0 Å². The van der Waals surface area contributed by atoms with Crippen LogP contribution in [0.25, 0.3) is 0 Å². The molecule has 0 spiro atoms. The minimum absolute atomic E-state index is 0.149. The first kappa shape index (κ1) is 16.1. The normalized spacial score (nSPS) is 12.5. The molecule has 1 unspecified atom stereocenters. The fourth-order valence-corrected chi connectivity index (χ4v) is 1.78. The fraction of sp³-hybridized carbons (Fsp3) is 0.600. The summed E-state index contributed by atoms with van der Waals surface area (Å²) < 4.78 is 15.7. The Morgan fingerprint density at radius 1 is 0.947 bits per heavy atom. The summed E-state index contributed by atoms with van der Waals surface area (Å²) in [5.74, 6) is 0.149. The average Bonchev–Trinajstić information content (AvgIpc) is 2.47. The first-order valence-electron chi connectivity index (χ1n) is 6.68. The van der Waals surface area contributed by atoms with E-state index in [2.05, 4.69) is 0 Å². The van der Waals surface area contributed by atoms with Crippen LogP contribution in [-0.4, -0.2) is 51.9 Å². The molecule has 19 heavy (non-hydrogen) atoms. The Balaban J connectivity index is 2.07. The maximum Gasteiger partial charge on any atom is 0.0701 e. The van der Waals surface area contributed by atoms with Crippen LogP contribution < -0.4 is 0 Å². The van der Waals surface area contributed by atoms with Gasteiger partial charge in [-0.25, -0.2) is 0 Å². The van der Waals surface area contributed by atoms with E-state index in [0.717, 1.165) is 12.0 Å². The minimum Gasteiger partial charge on any atom is -0.396 e. The van der Waals surface area contributed by atoms with E-state index in [4.69, 9.17) is 14.2 Å². The lowest BCUT2D eigenvalue weighted by Gasteiger charge is -2.14. The third-order valence-corrected chi connectivity index (χ3v) is 2.91. The highest BCUT2D eigenvalue weighted by Gasteiger charge is 2.09. The molecule has 0 amide bonds. The molecule has 0 bridgehead atoms. The van der Waals surface area contributed by atoms with Crippen molar-refractivity contribution in [1.29, 1.82) is 0 Å². The van der Waals surface area contributed by atoms with Crippen molar-refractivity contribution < 1.29 is 19.3 Å².